The second-order valence-electron chi connectivity index (χ2n) is 8.63. The van der Waals surface area contributed by atoms with Gasteiger partial charge in [0.25, 0.3) is 5.91 Å². The first-order valence-corrected chi connectivity index (χ1v) is 10.7. The lowest BCUT2D eigenvalue weighted by Crippen LogP contribution is -2.58. The van der Waals surface area contributed by atoms with Gasteiger partial charge in [0.1, 0.15) is 11.4 Å². The maximum absolute atomic E-state index is 13.1. The van der Waals surface area contributed by atoms with Crippen molar-refractivity contribution in [3.63, 3.8) is 0 Å². The van der Waals surface area contributed by atoms with E-state index in [0.29, 0.717) is 23.2 Å². The molecular formula is C20H24F3IN2O4. The number of hydrogen-bond donors (Lipinski definition) is 0. The first-order valence-electron chi connectivity index (χ1n) is 9.59. The van der Waals surface area contributed by atoms with Crippen LogP contribution in [0.1, 0.15) is 44.0 Å². The molecule has 1 saturated heterocycles. The van der Waals surface area contributed by atoms with Gasteiger partial charge < -0.3 is 19.3 Å². The Morgan fingerprint density at radius 2 is 1.83 bits per heavy atom. The number of hydrogen-bond acceptors (Lipinski definition) is 4. The van der Waals surface area contributed by atoms with E-state index in [0.717, 1.165) is 12.8 Å². The molecule has 0 N–H and O–H groups in total. The Morgan fingerprint density at radius 1 is 1.17 bits per heavy atom. The van der Waals surface area contributed by atoms with E-state index in [1.165, 1.54) is 6.07 Å². The molecule has 10 heteroatoms. The zero-order chi connectivity index (χ0) is 22.3. The first-order chi connectivity index (χ1) is 13.8. The SMILES string of the molecule is CC(C)(C)OC(=O)N1CCN(C(=O)c2ccc(I)c(OCC(F)(F)F)c2)C2(CC2)C1. The number of carbonyl (C=O) groups is 2. The molecule has 0 unspecified atom stereocenters. The minimum Gasteiger partial charge on any atom is -0.483 e. The van der Waals surface area contributed by atoms with Crippen LogP contribution in [0, 0.1) is 3.57 Å². The second-order valence-corrected chi connectivity index (χ2v) is 9.79. The molecule has 0 atom stereocenters. The van der Waals surface area contributed by atoms with Crippen LogP contribution in [-0.4, -0.2) is 65.4 Å². The largest absolute Gasteiger partial charge is 0.483 e. The van der Waals surface area contributed by atoms with Crippen molar-refractivity contribution in [3.05, 3.63) is 27.3 Å². The molecule has 30 heavy (non-hydrogen) atoms. The van der Waals surface area contributed by atoms with Gasteiger partial charge in [-0.25, -0.2) is 4.79 Å². The number of nitrogens with zero attached hydrogens (tertiary/aromatic N) is 2. The summed E-state index contributed by atoms with van der Waals surface area (Å²) in [5.41, 5.74) is -0.777. The molecule has 2 amide bonds. The Bertz CT molecular complexity index is 834. The molecule has 6 nitrogen and oxygen atoms in total. The molecule has 1 aromatic rings. The summed E-state index contributed by atoms with van der Waals surface area (Å²) in [7, 11) is 0. The van der Waals surface area contributed by atoms with Crippen LogP contribution in [-0.2, 0) is 4.74 Å². The van der Waals surface area contributed by atoms with Gasteiger partial charge in [0, 0.05) is 25.2 Å². The fourth-order valence-corrected chi connectivity index (χ4v) is 3.90. The van der Waals surface area contributed by atoms with Crippen LogP contribution in [0.2, 0.25) is 0 Å². The third-order valence-corrected chi connectivity index (χ3v) is 5.84. The van der Waals surface area contributed by atoms with Gasteiger partial charge >= 0.3 is 12.3 Å². The Kier molecular flexibility index (Phi) is 6.18. The average Bonchev–Trinajstić information content (AvgIpc) is 3.37. The summed E-state index contributed by atoms with van der Waals surface area (Å²) in [5.74, 6) is -0.249. The number of carbonyl (C=O) groups excluding carboxylic acids is 2. The minimum atomic E-state index is -4.46. The fourth-order valence-electron chi connectivity index (χ4n) is 3.41. The maximum Gasteiger partial charge on any atom is 0.422 e. The topological polar surface area (TPSA) is 59.1 Å². The summed E-state index contributed by atoms with van der Waals surface area (Å²) < 4.78 is 48.3. The Morgan fingerprint density at radius 3 is 2.40 bits per heavy atom. The van der Waals surface area contributed by atoms with Crippen molar-refractivity contribution in [2.45, 2.75) is 50.9 Å². The van der Waals surface area contributed by atoms with Gasteiger partial charge in [-0.2, -0.15) is 13.2 Å². The molecule has 3 rings (SSSR count). The van der Waals surface area contributed by atoms with E-state index in [1.807, 2.05) is 22.6 Å². The predicted molar refractivity (Wildman–Crippen MR) is 112 cm³/mol. The zero-order valence-electron chi connectivity index (χ0n) is 17.0. The van der Waals surface area contributed by atoms with Crippen molar-refractivity contribution >= 4 is 34.6 Å². The summed E-state index contributed by atoms with van der Waals surface area (Å²) in [5, 5.41) is 0. The molecule has 1 saturated carbocycles. The minimum absolute atomic E-state index is 0.0241. The van der Waals surface area contributed by atoms with Gasteiger partial charge in [-0.05, 0) is 74.4 Å². The molecule has 1 heterocycles. The monoisotopic (exact) mass is 540 g/mol. The molecule has 1 aromatic carbocycles. The van der Waals surface area contributed by atoms with E-state index in [1.54, 1.807) is 42.7 Å². The number of piperazine rings is 1. The number of amides is 2. The van der Waals surface area contributed by atoms with E-state index in [-0.39, 0.29) is 17.2 Å². The number of alkyl halides is 3. The van der Waals surface area contributed by atoms with E-state index < -0.39 is 30.0 Å². The maximum atomic E-state index is 13.1. The van der Waals surface area contributed by atoms with Crippen molar-refractivity contribution in [2.75, 3.05) is 26.2 Å². The lowest BCUT2D eigenvalue weighted by atomic mass is 10.1. The standard InChI is InChI=1S/C20H24F3IN2O4/c1-18(2,3)30-17(28)25-8-9-26(19(11-25)6-7-19)16(27)13-4-5-14(24)15(10-13)29-12-20(21,22)23/h4-5,10H,6-9,11-12H2,1-3H3. The summed E-state index contributed by atoms with van der Waals surface area (Å²) >= 11 is 1.87. The van der Waals surface area contributed by atoms with E-state index >= 15 is 0 Å². The van der Waals surface area contributed by atoms with Gasteiger partial charge in [0.2, 0.25) is 0 Å². The Balaban J connectivity index is 1.72. The molecule has 1 aliphatic heterocycles. The molecule has 2 aliphatic rings. The Labute approximate surface area is 186 Å². The lowest BCUT2D eigenvalue weighted by molar-refractivity contribution is -0.153. The molecule has 0 aromatic heterocycles. The molecule has 166 valence electrons. The molecule has 1 aliphatic carbocycles. The molecular weight excluding hydrogens is 516 g/mol. The fraction of sp³-hybridized carbons (Fsp3) is 0.600. The molecule has 0 bridgehead atoms. The summed E-state index contributed by atoms with van der Waals surface area (Å²) in [6.07, 6.45) is -3.34. The van der Waals surface area contributed by atoms with Crippen molar-refractivity contribution in [1.82, 2.24) is 9.80 Å². The number of ether oxygens (including phenoxy) is 2. The highest BCUT2D eigenvalue weighted by Gasteiger charge is 2.54. The van der Waals surface area contributed by atoms with Crippen LogP contribution in [0.15, 0.2) is 18.2 Å². The second kappa shape index (κ2) is 8.08. The van der Waals surface area contributed by atoms with Gasteiger partial charge in [-0.15, -0.1) is 0 Å². The summed E-state index contributed by atoms with van der Waals surface area (Å²) in [4.78, 5) is 28.9. The highest BCUT2D eigenvalue weighted by molar-refractivity contribution is 14.1. The highest BCUT2D eigenvalue weighted by atomic mass is 127. The third kappa shape index (κ3) is 5.50. The van der Waals surface area contributed by atoms with Crippen molar-refractivity contribution in [3.8, 4) is 5.75 Å². The van der Waals surface area contributed by atoms with Crippen LogP contribution < -0.4 is 4.74 Å². The third-order valence-electron chi connectivity index (χ3n) is 4.94. The summed E-state index contributed by atoms with van der Waals surface area (Å²) in [6, 6.07) is 4.50. The number of rotatable bonds is 3. The van der Waals surface area contributed by atoms with Gasteiger partial charge in [-0.1, -0.05) is 0 Å². The first kappa shape index (κ1) is 23.0. The van der Waals surface area contributed by atoms with E-state index in [9.17, 15) is 22.8 Å². The normalized spacial score (nSPS) is 18.4. The zero-order valence-corrected chi connectivity index (χ0v) is 19.2. The van der Waals surface area contributed by atoms with Crippen LogP contribution in [0.5, 0.6) is 5.75 Å². The predicted octanol–water partition coefficient (Wildman–Crippen LogP) is 4.46. The Hall–Kier alpha value is -1.72. The average molecular weight is 540 g/mol. The van der Waals surface area contributed by atoms with Crippen molar-refractivity contribution in [2.24, 2.45) is 0 Å². The van der Waals surface area contributed by atoms with E-state index in [4.69, 9.17) is 9.47 Å². The lowest BCUT2D eigenvalue weighted by Gasteiger charge is -2.42. The van der Waals surface area contributed by atoms with Crippen LogP contribution >= 0.6 is 22.6 Å². The van der Waals surface area contributed by atoms with Gasteiger partial charge in [-0.3, -0.25) is 4.79 Å². The highest BCUT2D eigenvalue weighted by Crippen LogP contribution is 2.45. The van der Waals surface area contributed by atoms with Crippen molar-refractivity contribution < 1.29 is 32.2 Å². The number of benzene rings is 1. The summed E-state index contributed by atoms with van der Waals surface area (Å²) in [6.45, 7) is 5.04. The molecule has 0 radical (unpaired) electrons. The number of halogens is 4. The van der Waals surface area contributed by atoms with Crippen LogP contribution in [0.3, 0.4) is 0 Å². The molecule has 2 fully saturated rings. The van der Waals surface area contributed by atoms with Crippen molar-refractivity contribution in [1.29, 1.82) is 0 Å². The van der Waals surface area contributed by atoms with Gasteiger partial charge in [0.15, 0.2) is 6.61 Å². The smallest absolute Gasteiger partial charge is 0.422 e. The van der Waals surface area contributed by atoms with Crippen LogP contribution in [0.25, 0.3) is 0 Å². The van der Waals surface area contributed by atoms with Crippen LogP contribution in [0.4, 0.5) is 18.0 Å². The quantitative estimate of drug-likeness (QED) is 0.532. The van der Waals surface area contributed by atoms with Gasteiger partial charge in [0.05, 0.1) is 9.11 Å². The van der Waals surface area contributed by atoms with E-state index in [2.05, 4.69) is 0 Å². The molecule has 1 spiro atoms.